The van der Waals surface area contributed by atoms with Crippen molar-refractivity contribution in [3.05, 3.63) is 82.4 Å². The maximum Gasteiger partial charge on any atom is 0.451 e. The molecular formula is C31H28ClF5N8O2. The summed E-state index contributed by atoms with van der Waals surface area (Å²) in [5.74, 6) is -1.42. The number of aromatic nitrogens is 7. The van der Waals surface area contributed by atoms with E-state index >= 15 is 4.39 Å². The third-order valence-corrected chi connectivity index (χ3v) is 8.62. The number of likely N-dealkylation sites (tertiary alicyclic amines) is 1. The van der Waals surface area contributed by atoms with Gasteiger partial charge in [-0.05, 0) is 43.7 Å². The molecule has 0 aliphatic carbocycles. The van der Waals surface area contributed by atoms with Crippen LogP contribution >= 0.6 is 11.6 Å². The number of pyridine rings is 2. The van der Waals surface area contributed by atoms with Crippen molar-refractivity contribution in [2.24, 2.45) is 0 Å². The zero-order chi connectivity index (χ0) is 32.7. The van der Waals surface area contributed by atoms with E-state index in [2.05, 4.69) is 20.1 Å². The van der Waals surface area contributed by atoms with Gasteiger partial charge in [0.05, 0.1) is 42.1 Å². The molecule has 2 fully saturated rings. The predicted molar refractivity (Wildman–Crippen MR) is 160 cm³/mol. The number of H-pyrrole nitrogens is 1. The van der Waals surface area contributed by atoms with Crippen molar-refractivity contribution in [1.82, 2.24) is 39.6 Å². The number of piperidine rings is 1. The molecule has 0 bridgehead atoms. The molecule has 10 nitrogen and oxygen atoms in total. The van der Waals surface area contributed by atoms with E-state index in [0.29, 0.717) is 60.8 Å². The number of fused-ring (bicyclic) bond motifs is 1. The summed E-state index contributed by atoms with van der Waals surface area (Å²) in [5.41, 5.74) is 2.21. The van der Waals surface area contributed by atoms with Crippen LogP contribution in [-0.4, -0.2) is 71.6 Å². The van der Waals surface area contributed by atoms with Gasteiger partial charge in [0, 0.05) is 35.7 Å². The van der Waals surface area contributed by atoms with Gasteiger partial charge in [-0.2, -0.15) is 18.3 Å². The van der Waals surface area contributed by atoms with Crippen LogP contribution in [0.25, 0.3) is 22.6 Å². The van der Waals surface area contributed by atoms with Gasteiger partial charge >= 0.3 is 6.18 Å². The summed E-state index contributed by atoms with van der Waals surface area (Å²) in [7, 11) is 0. The Bertz CT molecular complexity index is 1900. The summed E-state index contributed by atoms with van der Waals surface area (Å²) < 4.78 is 82.4. The summed E-state index contributed by atoms with van der Waals surface area (Å²) in [6.45, 7) is 2.17. The van der Waals surface area contributed by atoms with Gasteiger partial charge in [0.25, 0.3) is 0 Å². The molecule has 4 aromatic heterocycles. The van der Waals surface area contributed by atoms with E-state index < -0.39 is 29.9 Å². The van der Waals surface area contributed by atoms with Crippen LogP contribution in [0.1, 0.15) is 41.7 Å². The Labute approximate surface area is 269 Å². The fourth-order valence-electron chi connectivity index (χ4n) is 5.81. The molecular weight excluding hydrogens is 647 g/mol. The SMILES string of the molecule is Fc1cc(Cl)ccc1COc1cccc([C@@H]2CCN(Cc3nc4cc(-c5n[nH]c(C(F)(F)F)n5)ncc4n3C[C@@H]3CCO3)C[C@H]2F)n1. The normalized spacial score (nSPS) is 20.4. The predicted octanol–water partition coefficient (Wildman–Crippen LogP) is 6.12. The fourth-order valence-corrected chi connectivity index (χ4v) is 5.97. The van der Waals surface area contributed by atoms with Gasteiger partial charge < -0.3 is 14.0 Å². The largest absolute Gasteiger partial charge is 0.473 e. The highest BCUT2D eigenvalue weighted by Crippen LogP contribution is 2.33. The van der Waals surface area contributed by atoms with Gasteiger partial charge in [-0.3, -0.25) is 15.0 Å². The Morgan fingerprint density at radius 2 is 1.94 bits per heavy atom. The number of benzene rings is 1. The lowest BCUT2D eigenvalue weighted by Crippen LogP contribution is -2.41. The van der Waals surface area contributed by atoms with Crippen LogP contribution in [-0.2, 0) is 30.6 Å². The first-order valence-corrected chi connectivity index (χ1v) is 15.4. The van der Waals surface area contributed by atoms with E-state index in [1.165, 1.54) is 12.3 Å². The second-order valence-electron chi connectivity index (χ2n) is 11.6. The highest BCUT2D eigenvalue weighted by atomic mass is 35.5. The lowest BCUT2D eigenvalue weighted by atomic mass is 9.91. The number of nitrogens with zero attached hydrogens (tertiary/aromatic N) is 7. The third kappa shape index (κ3) is 6.78. The monoisotopic (exact) mass is 674 g/mol. The van der Waals surface area contributed by atoms with Crippen molar-refractivity contribution in [3.8, 4) is 17.4 Å². The molecule has 246 valence electrons. The summed E-state index contributed by atoms with van der Waals surface area (Å²) in [4.78, 5) is 19.1. The van der Waals surface area contributed by atoms with Crippen LogP contribution in [0.15, 0.2) is 48.7 Å². The molecule has 1 N–H and O–H groups in total. The van der Waals surface area contributed by atoms with Gasteiger partial charge in [-0.25, -0.2) is 23.7 Å². The van der Waals surface area contributed by atoms with E-state index in [4.69, 9.17) is 26.1 Å². The number of ether oxygens (including phenoxy) is 2. The minimum atomic E-state index is -4.67. The Morgan fingerprint density at radius 1 is 1.09 bits per heavy atom. The molecule has 0 amide bonds. The van der Waals surface area contributed by atoms with Crippen LogP contribution in [0, 0.1) is 5.82 Å². The van der Waals surface area contributed by atoms with E-state index in [0.717, 1.165) is 6.42 Å². The smallest absolute Gasteiger partial charge is 0.451 e. The molecule has 0 unspecified atom stereocenters. The van der Waals surface area contributed by atoms with Gasteiger partial charge in [0.2, 0.25) is 11.7 Å². The van der Waals surface area contributed by atoms with Crippen molar-refractivity contribution in [2.75, 3.05) is 19.7 Å². The third-order valence-electron chi connectivity index (χ3n) is 8.38. The van der Waals surface area contributed by atoms with E-state index in [-0.39, 0.29) is 41.7 Å². The Kier molecular flexibility index (Phi) is 8.53. The molecule has 16 heteroatoms. The zero-order valence-electron chi connectivity index (χ0n) is 24.7. The number of rotatable bonds is 9. The molecule has 0 radical (unpaired) electrons. The van der Waals surface area contributed by atoms with Crippen molar-refractivity contribution in [2.45, 2.75) is 56.9 Å². The second kappa shape index (κ2) is 12.8. The molecule has 47 heavy (non-hydrogen) atoms. The summed E-state index contributed by atoms with van der Waals surface area (Å²) in [6, 6.07) is 11.0. The minimum absolute atomic E-state index is 0.00964. The summed E-state index contributed by atoms with van der Waals surface area (Å²) >= 11 is 5.83. The molecule has 6 heterocycles. The van der Waals surface area contributed by atoms with E-state index in [9.17, 15) is 17.6 Å². The van der Waals surface area contributed by atoms with Crippen LogP contribution in [0.3, 0.4) is 0 Å². The molecule has 3 atom stereocenters. The molecule has 5 aromatic rings. The van der Waals surface area contributed by atoms with Gasteiger partial charge in [-0.1, -0.05) is 23.7 Å². The number of imidazole rings is 1. The average molecular weight is 675 g/mol. The second-order valence-corrected chi connectivity index (χ2v) is 12.0. The van der Waals surface area contributed by atoms with Crippen molar-refractivity contribution in [3.63, 3.8) is 0 Å². The summed E-state index contributed by atoms with van der Waals surface area (Å²) in [6.07, 6.45) is -2.99. The van der Waals surface area contributed by atoms with Gasteiger partial charge in [0.15, 0.2) is 5.82 Å². The van der Waals surface area contributed by atoms with Crippen molar-refractivity contribution >= 4 is 22.6 Å². The van der Waals surface area contributed by atoms with E-state index in [1.807, 2.05) is 14.6 Å². The topological polar surface area (TPSA) is 107 Å². The lowest BCUT2D eigenvalue weighted by Gasteiger charge is -2.34. The molecule has 2 saturated heterocycles. The van der Waals surface area contributed by atoms with Crippen LogP contribution in [0.5, 0.6) is 5.88 Å². The number of halogens is 6. The molecule has 0 saturated carbocycles. The van der Waals surface area contributed by atoms with Crippen molar-refractivity contribution in [1.29, 1.82) is 0 Å². The van der Waals surface area contributed by atoms with Crippen molar-refractivity contribution < 1.29 is 31.4 Å². The Morgan fingerprint density at radius 3 is 2.66 bits per heavy atom. The van der Waals surface area contributed by atoms with Crippen LogP contribution in [0.2, 0.25) is 5.02 Å². The maximum absolute atomic E-state index is 15.7. The molecule has 7 rings (SSSR count). The number of hydrogen-bond acceptors (Lipinski definition) is 8. The highest BCUT2D eigenvalue weighted by molar-refractivity contribution is 6.30. The quantitative estimate of drug-likeness (QED) is 0.187. The standard InChI is InChI=1S/C31H28ClF5N8O2/c32-18-5-4-17(21(33)10-18)16-47-28-3-1-2-23(40-28)20-6-8-44(14-22(20)34)15-27-39-24-11-25(29-41-30(43-42-29)31(35,36)37)38-12-26(24)45(27)13-19-7-9-46-19/h1-5,10-12,19-20,22H,6-9,13-16H2,(H,41,42,43)/t19-,20+,22+/m0/s1. The first-order valence-electron chi connectivity index (χ1n) is 15.0. The number of alkyl halides is 4. The van der Waals surface area contributed by atoms with Crippen LogP contribution in [0.4, 0.5) is 22.0 Å². The van der Waals surface area contributed by atoms with E-state index in [1.54, 1.807) is 36.4 Å². The Balaban J connectivity index is 1.05. The highest BCUT2D eigenvalue weighted by Gasteiger charge is 2.36. The summed E-state index contributed by atoms with van der Waals surface area (Å²) in [5, 5.41) is 5.87. The average Bonchev–Trinajstić information content (AvgIpc) is 3.64. The lowest BCUT2D eigenvalue weighted by molar-refractivity contribution is -0.144. The number of hydrogen-bond donors (Lipinski definition) is 1. The Hall–Kier alpha value is -4.21. The molecule has 0 spiro atoms. The first-order chi connectivity index (χ1) is 22.6. The number of nitrogens with one attached hydrogen (secondary N) is 1. The maximum atomic E-state index is 15.7. The van der Waals surface area contributed by atoms with Crippen LogP contribution < -0.4 is 4.74 Å². The minimum Gasteiger partial charge on any atom is -0.473 e. The molecule has 2 aliphatic heterocycles. The molecule has 2 aliphatic rings. The van der Waals surface area contributed by atoms with Gasteiger partial charge in [-0.15, -0.1) is 0 Å². The zero-order valence-corrected chi connectivity index (χ0v) is 25.5. The fraction of sp³-hybridized carbons (Fsp3) is 0.387. The first kappa shape index (κ1) is 31.4. The molecule has 1 aromatic carbocycles. The number of aromatic amines is 1. The van der Waals surface area contributed by atoms with Gasteiger partial charge in [0.1, 0.15) is 30.1 Å².